The normalized spacial score (nSPS) is 13.9. The van der Waals surface area contributed by atoms with Gasteiger partial charge in [-0.05, 0) is 49.7 Å². The first-order valence-corrected chi connectivity index (χ1v) is 11.5. The maximum absolute atomic E-state index is 12.5. The molecule has 1 heterocycles. The van der Waals surface area contributed by atoms with E-state index in [0.29, 0.717) is 36.7 Å². The van der Waals surface area contributed by atoms with E-state index in [2.05, 4.69) is 5.32 Å². The first-order valence-electron chi connectivity index (χ1n) is 9.69. The molecule has 3 rings (SSSR count). The SMILES string of the molecule is CCOc1cccc(N(CC(=O)Nc2ccc(N3CCCC3=O)cc2)S(C)(=O)=O)c1. The van der Waals surface area contributed by atoms with Crippen LogP contribution in [0.1, 0.15) is 19.8 Å². The minimum Gasteiger partial charge on any atom is -0.494 e. The van der Waals surface area contributed by atoms with Gasteiger partial charge in [0.1, 0.15) is 12.3 Å². The molecule has 1 aliphatic rings. The summed E-state index contributed by atoms with van der Waals surface area (Å²) in [6, 6.07) is 13.5. The van der Waals surface area contributed by atoms with Gasteiger partial charge in [-0.15, -0.1) is 0 Å². The molecule has 0 unspecified atom stereocenters. The van der Waals surface area contributed by atoms with E-state index in [-0.39, 0.29) is 12.5 Å². The summed E-state index contributed by atoms with van der Waals surface area (Å²) in [6.45, 7) is 2.59. The summed E-state index contributed by atoms with van der Waals surface area (Å²) in [5, 5.41) is 2.70. The van der Waals surface area contributed by atoms with E-state index in [1.165, 1.54) is 0 Å². The summed E-state index contributed by atoms with van der Waals surface area (Å²) in [4.78, 5) is 26.1. The van der Waals surface area contributed by atoms with E-state index in [0.717, 1.165) is 22.7 Å². The minimum atomic E-state index is -3.69. The lowest BCUT2D eigenvalue weighted by molar-refractivity contribution is -0.117. The average Bonchev–Trinajstić information content (AvgIpc) is 3.12. The van der Waals surface area contributed by atoms with Crippen LogP contribution >= 0.6 is 0 Å². The molecule has 0 spiro atoms. The van der Waals surface area contributed by atoms with Crippen molar-refractivity contribution in [2.24, 2.45) is 0 Å². The van der Waals surface area contributed by atoms with Crippen molar-refractivity contribution in [1.29, 1.82) is 0 Å². The Morgan fingerprint density at radius 1 is 1.20 bits per heavy atom. The zero-order valence-corrected chi connectivity index (χ0v) is 17.8. The predicted molar refractivity (Wildman–Crippen MR) is 116 cm³/mol. The first-order chi connectivity index (χ1) is 14.3. The summed E-state index contributed by atoms with van der Waals surface area (Å²) in [6.07, 6.45) is 2.43. The first kappa shape index (κ1) is 21.6. The van der Waals surface area contributed by atoms with Gasteiger partial charge in [-0.1, -0.05) is 6.07 Å². The molecule has 1 saturated heterocycles. The molecule has 160 valence electrons. The molecule has 2 aromatic rings. The summed E-state index contributed by atoms with van der Waals surface area (Å²) >= 11 is 0. The quantitative estimate of drug-likeness (QED) is 0.693. The lowest BCUT2D eigenvalue weighted by Crippen LogP contribution is -2.37. The number of carbonyl (C=O) groups excluding carboxylic acids is 2. The summed E-state index contributed by atoms with van der Waals surface area (Å²) < 4.78 is 31.0. The van der Waals surface area contributed by atoms with Gasteiger partial charge in [0.15, 0.2) is 0 Å². The van der Waals surface area contributed by atoms with Gasteiger partial charge in [-0.3, -0.25) is 13.9 Å². The lowest BCUT2D eigenvalue weighted by atomic mass is 10.2. The Kier molecular flexibility index (Phi) is 6.61. The van der Waals surface area contributed by atoms with Crippen LogP contribution in [0.4, 0.5) is 17.1 Å². The zero-order chi connectivity index (χ0) is 21.7. The van der Waals surface area contributed by atoms with E-state index in [1.54, 1.807) is 53.4 Å². The molecule has 1 aliphatic heterocycles. The van der Waals surface area contributed by atoms with Crippen LogP contribution in [-0.4, -0.2) is 46.2 Å². The highest BCUT2D eigenvalue weighted by Gasteiger charge is 2.23. The third kappa shape index (κ3) is 5.29. The van der Waals surface area contributed by atoms with Crippen LogP contribution in [0.15, 0.2) is 48.5 Å². The summed E-state index contributed by atoms with van der Waals surface area (Å²) in [7, 11) is -3.69. The number of sulfonamides is 1. The molecular formula is C21H25N3O5S. The van der Waals surface area contributed by atoms with Crippen LogP contribution in [0.3, 0.4) is 0 Å². The van der Waals surface area contributed by atoms with E-state index in [4.69, 9.17) is 4.74 Å². The van der Waals surface area contributed by atoms with E-state index >= 15 is 0 Å². The monoisotopic (exact) mass is 431 g/mol. The molecule has 30 heavy (non-hydrogen) atoms. The number of nitrogens with zero attached hydrogens (tertiary/aromatic N) is 2. The molecular weight excluding hydrogens is 406 g/mol. The highest BCUT2D eigenvalue weighted by atomic mass is 32.2. The van der Waals surface area contributed by atoms with Crippen LogP contribution in [0, 0.1) is 0 Å². The van der Waals surface area contributed by atoms with Gasteiger partial charge >= 0.3 is 0 Å². The second-order valence-corrected chi connectivity index (χ2v) is 8.85. The van der Waals surface area contributed by atoms with Gasteiger partial charge in [0, 0.05) is 30.4 Å². The van der Waals surface area contributed by atoms with Gasteiger partial charge < -0.3 is 15.0 Å². The van der Waals surface area contributed by atoms with Crippen molar-refractivity contribution in [2.75, 3.05) is 40.5 Å². The molecule has 0 aromatic heterocycles. The molecule has 0 radical (unpaired) electrons. The highest BCUT2D eigenvalue weighted by Crippen LogP contribution is 2.25. The Morgan fingerprint density at radius 2 is 1.93 bits per heavy atom. The molecule has 9 heteroatoms. The number of hydrogen-bond acceptors (Lipinski definition) is 5. The van der Waals surface area contributed by atoms with E-state index in [9.17, 15) is 18.0 Å². The van der Waals surface area contributed by atoms with Crippen LogP contribution in [0.5, 0.6) is 5.75 Å². The van der Waals surface area contributed by atoms with Crippen molar-refractivity contribution in [2.45, 2.75) is 19.8 Å². The Balaban J connectivity index is 1.70. The van der Waals surface area contributed by atoms with Crippen molar-refractivity contribution in [3.63, 3.8) is 0 Å². The number of rotatable bonds is 8. The fraction of sp³-hybridized carbons (Fsp3) is 0.333. The Morgan fingerprint density at radius 3 is 2.53 bits per heavy atom. The number of hydrogen-bond donors (Lipinski definition) is 1. The molecule has 1 N–H and O–H groups in total. The fourth-order valence-corrected chi connectivity index (χ4v) is 4.12. The Bertz CT molecular complexity index is 1020. The minimum absolute atomic E-state index is 0.0878. The van der Waals surface area contributed by atoms with Gasteiger partial charge in [0.2, 0.25) is 21.8 Å². The largest absolute Gasteiger partial charge is 0.494 e. The summed E-state index contributed by atoms with van der Waals surface area (Å²) in [5.74, 6) is 0.133. The van der Waals surface area contributed by atoms with Crippen molar-refractivity contribution in [3.8, 4) is 5.75 Å². The molecule has 0 atom stereocenters. The van der Waals surface area contributed by atoms with Crippen molar-refractivity contribution < 1.29 is 22.7 Å². The number of ether oxygens (including phenoxy) is 1. The maximum Gasteiger partial charge on any atom is 0.245 e. The van der Waals surface area contributed by atoms with Crippen LogP contribution in [0.25, 0.3) is 0 Å². The van der Waals surface area contributed by atoms with Crippen LogP contribution < -0.4 is 19.3 Å². The molecule has 8 nitrogen and oxygen atoms in total. The van der Waals surface area contributed by atoms with Crippen LogP contribution in [-0.2, 0) is 19.6 Å². The number of carbonyl (C=O) groups is 2. The van der Waals surface area contributed by atoms with Gasteiger partial charge in [0.05, 0.1) is 18.6 Å². The third-order valence-electron chi connectivity index (χ3n) is 4.64. The Hall–Kier alpha value is -3.07. The van der Waals surface area contributed by atoms with Crippen molar-refractivity contribution >= 4 is 38.9 Å². The molecule has 0 bridgehead atoms. The van der Waals surface area contributed by atoms with Gasteiger partial charge in [-0.2, -0.15) is 0 Å². The maximum atomic E-state index is 12.5. The van der Waals surface area contributed by atoms with Crippen molar-refractivity contribution in [1.82, 2.24) is 0 Å². The fourth-order valence-electron chi connectivity index (χ4n) is 3.27. The Labute approximate surface area is 176 Å². The lowest BCUT2D eigenvalue weighted by Gasteiger charge is -2.22. The van der Waals surface area contributed by atoms with Gasteiger partial charge in [0.25, 0.3) is 0 Å². The number of anilines is 3. The average molecular weight is 432 g/mol. The topological polar surface area (TPSA) is 96.0 Å². The smallest absolute Gasteiger partial charge is 0.245 e. The predicted octanol–water partition coefficient (Wildman–Crippen LogP) is 2.62. The standard InChI is InChI=1S/C21H25N3O5S/c1-3-29-19-7-4-6-18(14-19)24(30(2,27)28)15-20(25)22-16-9-11-17(12-10-16)23-13-5-8-21(23)26/h4,6-7,9-12,14H,3,5,8,13,15H2,1-2H3,(H,22,25). The molecule has 0 saturated carbocycles. The van der Waals surface area contributed by atoms with Crippen molar-refractivity contribution in [3.05, 3.63) is 48.5 Å². The van der Waals surface area contributed by atoms with E-state index in [1.807, 2.05) is 6.92 Å². The number of nitrogens with one attached hydrogen (secondary N) is 1. The molecule has 1 fully saturated rings. The summed E-state index contributed by atoms with van der Waals surface area (Å²) in [5.41, 5.74) is 1.65. The molecule has 2 aromatic carbocycles. The third-order valence-corrected chi connectivity index (χ3v) is 5.78. The number of benzene rings is 2. The van der Waals surface area contributed by atoms with Crippen LogP contribution in [0.2, 0.25) is 0 Å². The zero-order valence-electron chi connectivity index (χ0n) is 17.0. The molecule has 2 amide bonds. The second-order valence-electron chi connectivity index (χ2n) is 6.94. The molecule has 0 aliphatic carbocycles. The van der Waals surface area contributed by atoms with E-state index < -0.39 is 15.9 Å². The van der Waals surface area contributed by atoms with Gasteiger partial charge in [-0.25, -0.2) is 8.42 Å². The second kappa shape index (κ2) is 9.17. The highest BCUT2D eigenvalue weighted by molar-refractivity contribution is 7.92. The number of amides is 2.